The highest BCUT2D eigenvalue weighted by Gasteiger charge is 2.27. The fourth-order valence-corrected chi connectivity index (χ4v) is 3.76. The Hall–Kier alpha value is -2.68. The molecule has 0 saturated heterocycles. The minimum atomic E-state index is 0.115. The maximum absolute atomic E-state index is 9.19. The number of H-pyrrole nitrogens is 1. The van der Waals surface area contributed by atoms with E-state index in [1.807, 2.05) is 25.4 Å². The molecule has 0 radical (unpaired) electrons. The van der Waals surface area contributed by atoms with Crippen LogP contribution in [0.15, 0.2) is 31.0 Å². The lowest BCUT2D eigenvalue weighted by molar-refractivity contribution is 0.222. The van der Waals surface area contributed by atoms with Crippen LogP contribution in [0, 0.1) is 23.2 Å². The number of hydrogen-bond acceptors (Lipinski definition) is 4. The molecule has 1 fully saturated rings. The predicted molar refractivity (Wildman–Crippen MR) is 90.9 cm³/mol. The first-order valence-corrected chi connectivity index (χ1v) is 8.48. The number of rotatable bonds is 3. The zero-order chi connectivity index (χ0) is 16.5. The zero-order valence-electron chi connectivity index (χ0n) is 13.7. The van der Waals surface area contributed by atoms with Crippen molar-refractivity contribution in [3.8, 4) is 17.3 Å². The lowest BCUT2D eigenvalue weighted by Gasteiger charge is -2.30. The molecule has 6 nitrogen and oxygen atoms in total. The lowest BCUT2D eigenvalue weighted by Crippen LogP contribution is -2.23. The van der Waals surface area contributed by atoms with E-state index in [9.17, 15) is 5.26 Å². The van der Waals surface area contributed by atoms with Gasteiger partial charge in [-0.1, -0.05) is 6.42 Å². The molecule has 24 heavy (non-hydrogen) atoms. The van der Waals surface area contributed by atoms with E-state index in [-0.39, 0.29) is 5.92 Å². The van der Waals surface area contributed by atoms with E-state index >= 15 is 0 Å². The number of aromatic nitrogens is 5. The molecule has 1 N–H and O–H groups in total. The van der Waals surface area contributed by atoms with Crippen LogP contribution < -0.4 is 0 Å². The number of nitriles is 1. The van der Waals surface area contributed by atoms with Gasteiger partial charge < -0.3 is 4.98 Å². The summed E-state index contributed by atoms with van der Waals surface area (Å²) >= 11 is 0. The van der Waals surface area contributed by atoms with Crippen LogP contribution in [0.2, 0.25) is 0 Å². The molecular weight excluding hydrogens is 300 g/mol. The van der Waals surface area contributed by atoms with Gasteiger partial charge in [0.2, 0.25) is 0 Å². The molecule has 3 unspecified atom stereocenters. The molecule has 0 amide bonds. The molecule has 6 heteroatoms. The highest BCUT2D eigenvalue weighted by Crippen LogP contribution is 2.36. The fourth-order valence-electron chi connectivity index (χ4n) is 3.76. The maximum atomic E-state index is 9.19. The van der Waals surface area contributed by atoms with Crippen molar-refractivity contribution in [1.29, 1.82) is 5.26 Å². The van der Waals surface area contributed by atoms with Crippen LogP contribution in [-0.2, 0) is 0 Å². The van der Waals surface area contributed by atoms with E-state index in [0.29, 0.717) is 12.0 Å². The number of hydrogen-bond donors (Lipinski definition) is 1. The Labute approximate surface area is 140 Å². The molecule has 1 aliphatic carbocycles. The predicted octanol–water partition coefficient (Wildman–Crippen LogP) is 3.71. The molecule has 3 aromatic heterocycles. The minimum Gasteiger partial charge on any atom is -0.346 e. The largest absolute Gasteiger partial charge is 0.346 e. The van der Waals surface area contributed by atoms with E-state index in [1.165, 1.54) is 0 Å². The summed E-state index contributed by atoms with van der Waals surface area (Å²) in [4.78, 5) is 11.8. The Morgan fingerprint density at radius 3 is 3.17 bits per heavy atom. The van der Waals surface area contributed by atoms with Gasteiger partial charge in [-0.05, 0) is 38.2 Å². The third-order valence-corrected chi connectivity index (χ3v) is 5.20. The fraction of sp³-hybridized carbons (Fsp3) is 0.444. The quantitative estimate of drug-likeness (QED) is 0.797. The van der Waals surface area contributed by atoms with Crippen molar-refractivity contribution in [3.05, 3.63) is 31.0 Å². The van der Waals surface area contributed by atoms with E-state index in [2.05, 4.69) is 37.0 Å². The lowest BCUT2D eigenvalue weighted by atomic mass is 9.79. The second kappa shape index (κ2) is 6.08. The molecule has 1 aliphatic rings. The Bertz CT molecular complexity index is 886. The summed E-state index contributed by atoms with van der Waals surface area (Å²) in [6.45, 7) is 2.03. The summed E-state index contributed by atoms with van der Waals surface area (Å²) in [7, 11) is 0. The Morgan fingerprint density at radius 1 is 1.38 bits per heavy atom. The first kappa shape index (κ1) is 14.9. The highest BCUT2D eigenvalue weighted by atomic mass is 15.3. The third kappa shape index (κ3) is 2.56. The van der Waals surface area contributed by atoms with Crippen molar-refractivity contribution >= 4 is 11.0 Å². The molecule has 0 aromatic carbocycles. The molecule has 0 aliphatic heterocycles. The van der Waals surface area contributed by atoms with Gasteiger partial charge in [0.15, 0.2) is 0 Å². The molecule has 0 bridgehead atoms. The van der Waals surface area contributed by atoms with Crippen molar-refractivity contribution in [2.24, 2.45) is 11.8 Å². The van der Waals surface area contributed by atoms with Crippen LogP contribution in [-0.4, -0.2) is 24.7 Å². The summed E-state index contributed by atoms with van der Waals surface area (Å²) in [6.07, 6.45) is 11.9. The van der Waals surface area contributed by atoms with Crippen molar-refractivity contribution in [2.75, 3.05) is 0 Å². The number of fused-ring (bicyclic) bond motifs is 1. The number of aromatic amines is 1. The van der Waals surface area contributed by atoms with E-state index < -0.39 is 0 Å². The van der Waals surface area contributed by atoms with Crippen LogP contribution in [0.3, 0.4) is 0 Å². The molecule has 3 aromatic rings. The standard InChI is InChI=1S/C18H20N6/c1-12(8-19)13-3-2-4-15(7-13)24-10-14(9-23-24)17-16-5-6-20-18(16)22-11-21-17/h5-6,9-13,15H,2-4,7H2,1H3,(H,20,21,22). The normalized spacial score (nSPS) is 22.3. The SMILES string of the molecule is CC(C#N)C1CCCC(n2cc(-c3ncnc4[nH]ccc34)cn2)C1. The average molecular weight is 320 g/mol. The number of nitrogens with one attached hydrogen (secondary N) is 1. The van der Waals surface area contributed by atoms with Crippen LogP contribution in [0.25, 0.3) is 22.3 Å². The first-order chi connectivity index (χ1) is 11.8. The van der Waals surface area contributed by atoms with Gasteiger partial charge in [0.25, 0.3) is 0 Å². The van der Waals surface area contributed by atoms with Gasteiger partial charge in [-0.3, -0.25) is 4.68 Å². The van der Waals surface area contributed by atoms with Crippen molar-refractivity contribution < 1.29 is 0 Å². The van der Waals surface area contributed by atoms with Gasteiger partial charge in [-0.15, -0.1) is 0 Å². The van der Waals surface area contributed by atoms with Crippen molar-refractivity contribution in [3.63, 3.8) is 0 Å². The van der Waals surface area contributed by atoms with Gasteiger partial charge in [0.05, 0.1) is 24.0 Å². The molecule has 0 spiro atoms. The summed E-state index contributed by atoms with van der Waals surface area (Å²) < 4.78 is 2.06. The topological polar surface area (TPSA) is 83.2 Å². The summed E-state index contributed by atoms with van der Waals surface area (Å²) in [5.41, 5.74) is 2.76. The van der Waals surface area contributed by atoms with Crippen LogP contribution in [0.5, 0.6) is 0 Å². The van der Waals surface area contributed by atoms with Gasteiger partial charge in [0, 0.05) is 29.3 Å². The minimum absolute atomic E-state index is 0.115. The summed E-state index contributed by atoms with van der Waals surface area (Å²) in [5.74, 6) is 0.584. The highest BCUT2D eigenvalue weighted by molar-refractivity contribution is 5.89. The van der Waals surface area contributed by atoms with Crippen molar-refractivity contribution in [1.82, 2.24) is 24.7 Å². The van der Waals surface area contributed by atoms with Crippen LogP contribution >= 0.6 is 0 Å². The summed E-state index contributed by atoms with van der Waals surface area (Å²) in [6, 6.07) is 4.77. The van der Waals surface area contributed by atoms with Crippen LogP contribution in [0.4, 0.5) is 0 Å². The average Bonchev–Trinajstić information content (AvgIpc) is 3.30. The molecule has 1 saturated carbocycles. The van der Waals surface area contributed by atoms with Crippen molar-refractivity contribution in [2.45, 2.75) is 38.6 Å². The van der Waals surface area contributed by atoms with Gasteiger partial charge >= 0.3 is 0 Å². The second-order valence-corrected chi connectivity index (χ2v) is 6.67. The monoisotopic (exact) mass is 320 g/mol. The maximum Gasteiger partial charge on any atom is 0.141 e. The number of nitrogens with zero attached hydrogens (tertiary/aromatic N) is 5. The van der Waals surface area contributed by atoms with Gasteiger partial charge in [0.1, 0.15) is 12.0 Å². The molecular formula is C18H20N6. The molecule has 3 heterocycles. The molecule has 3 atom stereocenters. The Balaban J connectivity index is 1.61. The van der Waals surface area contributed by atoms with E-state index in [0.717, 1.165) is 48.0 Å². The third-order valence-electron chi connectivity index (χ3n) is 5.20. The first-order valence-electron chi connectivity index (χ1n) is 8.48. The van der Waals surface area contributed by atoms with E-state index in [4.69, 9.17) is 0 Å². The van der Waals surface area contributed by atoms with E-state index in [1.54, 1.807) is 6.33 Å². The summed E-state index contributed by atoms with van der Waals surface area (Å²) in [5, 5.41) is 14.8. The van der Waals surface area contributed by atoms with Gasteiger partial charge in [-0.2, -0.15) is 10.4 Å². The second-order valence-electron chi connectivity index (χ2n) is 6.67. The molecule has 122 valence electrons. The molecule has 4 rings (SSSR count). The Kier molecular flexibility index (Phi) is 3.77. The zero-order valence-corrected chi connectivity index (χ0v) is 13.7. The Morgan fingerprint density at radius 2 is 2.29 bits per heavy atom. The van der Waals surface area contributed by atoms with Gasteiger partial charge in [-0.25, -0.2) is 9.97 Å². The van der Waals surface area contributed by atoms with Crippen LogP contribution in [0.1, 0.15) is 38.6 Å². The smallest absolute Gasteiger partial charge is 0.141 e.